The third-order valence-electron chi connectivity index (χ3n) is 2.01. The normalized spacial score (nSPS) is 12.6. The molecule has 3 heteroatoms. The molecule has 0 bridgehead atoms. The molecule has 1 rings (SSSR count). The van der Waals surface area contributed by atoms with Crippen molar-refractivity contribution in [2.45, 2.75) is 26.8 Å². The van der Waals surface area contributed by atoms with Crippen molar-refractivity contribution in [3.63, 3.8) is 0 Å². The number of aryl methyl sites for hydroxylation is 2. The average Bonchev–Trinajstić information content (AvgIpc) is 2.10. The molecule has 1 aromatic rings. The summed E-state index contributed by atoms with van der Waals surface area (Å²) in [5.41, 5.74) is 2.36. The van der Waals surface area contributed by atoms with Crippen LogP contribution in [-0.4, -0.2) is 24.7 Å². The van der Waals surface area contributed by atoms with Gasteiger partial charge in [0, 0.05) is 19.3 Å². The number of hydrogen-bond donors (Lipinski definition) is 1. The molecule has 1 N–H and O–H groups in total. The summed E-state index contributed by atoms with van der Waals surface area (Å²) in [7, 11) is 1.70. The van der Waals surface area contributed by atoms with Crippen molar-refractivity contribution < 1.29 is 4.74 Å². The van der Waals surface area contributed by atoms with Gasteiger partial charge >= 0.3 is 0 Å². The molecule has 14 heavy (non-hydrogen) atoms. The monoisotopic (exact) mass is 194 g/mol. The second-order valence-corrected chi connectivity index (χ2v) is 3.68. The number of rotatable bonds is 4. The number of ether oxygens (including phenoxy) is 1. The van der Waals surface area contributed by atoms with Gasteiger partial charge in [-0.15, -0.1) is 0 Å². The lowest BCUT2D eigenvalue weighted by molar-refractivity contribution is 0.190. The minimum Gasteiger partial charge on any atom is -0.383 e. The summed E-state index contributed by atoms with van der Waals surface area (Å²) in [4.78, 5) is 4.33. The van der Waals surface area contributed by atoms with Crippen molar-refractivity contribution in [3.05, 3.63) is 23.4 Å². The lowest BCUT2D eigenvalue weighted by atomic mass is 10.2. The van der Waals surface area contributed by atoms with Gasteiger partial charge in [-0.1, -0.05) is 6.07 Å². The van der Waals surface area contributed by atoms with E-state index in [2.05, 4.69) is 30.2 Å². The van der Waals surface area contributed by atoms with Crippen molar-refractivity contribution >= 4 is 5.82 Å². The largest absolute Gasteiger partial charge is 0.383 e. The Balaban J connectivity index is 2.67. The second-order valence-electron chi connectivity index (χ2n) is 3.68. The first-order valence-electron chi connectivity index (χ1n) is 4.82. The predicted molar refractivity (Wildman–Crippen MR) is 58.7 cm³/mol. The summed E-state index contributed by atoms with van der Waals surface area (Å²) in [5, 5.41) is 3.30. The SMILES string of the molecule is COCC(C)Nc1ncc(C)cc1C. The standard InChI is InChI=1S/C11H18N2O/c1-8-5-9(2)11(12-6-8)13-10(3)7-14-4/h5-6,10H,7H2,1-4H3,(H,12,13). The van der Waals surface area contributed by atoms with Crippen LogP contribution in [0.3, 0.4) is 0 Å². The molecule has 0 amide bonds. The Morgan fingerprint density at radius 2 is 2.21 bits per heavy atom. The summed E-state index contributed by atoms with van der Waals surface area (Å²) in [6, 6.07) is 2.41. The molecule has 0 fully saturated rings. The highest BCUT2D eigenvalue weighted by Crippen LogP contribution is 2.13. The smallest absolute Gasteiger partial charge is 0.129 e. The Kier molecular flexibility index (Phi) is 3.89. The summed E-state index contributed by atoms with van der Waals surface area (Å²) < 4.78 is 5.05. The van der Waals surface area contributed by atoms with E-state index >= 15 is 0 Å². The van der Waals surface area contributed by atoms with Gasteiger partial charge in [0.15, 0.2) is 0 Å². The highest BCUT2D eigenvalue weighted by Gasteiger charge is 2.04. The molecule has 1 atom stereocenters. The van der Waals surface area contributed by atoms with Gasteiger partial charge in [0.25, 0.3) is 0 Å². The van der Waals surface area contributed by atoms with E-state index in [4.69, 9.17) is 4.74 Å². The Morgan fingerprint density at radius 3 is 2.79 bits per heavy atom. The fraction of sp³-hybridized carbons (Fsp3) is 0.545. The highest BCUT2D eigenvalue weighted by molar-refractivity contribution is 5.44. The van der Waals surface area contributed by atoms with Crippen LogP contribution in [0.5, 0.6) is 0 Å². The van der Waals surface area contributed by atoms with Crippen LogP contribution >= 0.6 is 0 Å². The van der Waals surface area contributed by atoms with Gasteiger partial charge < -0.3 is 10.1 Å². The maximum atomic E-state index is 5.05. The van der Waals surface area contributed by atoms with Crippen LogP contribution in [0.1, 0.15) is 18.1 Å². The van der Waals surface area contributed by atoms with Crippen LogP contribution in [0, 0.1) is 13.8 Å². The number of pyridine rings is 1. The summed E-state index contributed by atoms with van der Waals surface area (Å²) >= 11 is 0. The van der Waals surface area contributed by atoms with Crippen molar-refractivity contribution in [1.82, 2.24) is 4.98 Å². The van der Waals surface area contributed by atoms with Gasteiger partial charge in [0.05, 0.1) is 6.61 Å². The van der Waals surface area contributed by atoms with Crippen molar-refractivity contribution in [1.29, 1.82) is 0 Å². The lowest BCUT2D eigenvalue weighted by Gasteiger charge is -2.15. The molecule has 3 nitrogen and oxygen atoms in total. The first kappa shape index (κ1) is 11.0. The van der Waals surface area contributed by atoms with Crippen LogP contribution in [0.4, 0.5) is 5.82 Å². The number of nitrogens with zero attached hydrogens (tertiary/aromatic N) is 1. The van der Waals surface area contributed by atoms with E-state index in [9.17, 15) is 0 Å². The maximum absolute atomic E-state index is 5.05. The van der Waals surface area contributed by atoms with Gasteiger partial charge in [-0.2, -0.15) is 0 Å². The minimum atomic E-state index is 0.286. The van der Waals surface area contributed by atoms with Crippen LogP contribution in [-0.2, 0) is 4.74 Å². The van der Waals surface area contributed by atoms with Crippen molar-refractivity contribution in [2.24, 2.45) is 0 Å². The molecule has 1 aromatic heterocycles. The molecule has 0 aromatic carbocycles. The van der Waals surface area contributed by atoms with E-state index in [1.54, 1.807) is 7.11 Å². The molecule has 0 radical (unpaired) electrons. The second kappa shape index (κ2) is 4.96. The number of aromatic nitrogens is 1. The quantitative estimate of drug-likeness (QED) is 0.797. The van der Waals surface area contributed by atoms with Gasteiger partial charge in [0.1, 0.15) is 5.82 Å². The fourth-order valence-electron chi connectivity index (χ4n) is 1.39. The zero-order valence-electron chi connectivity index (χ0n) is 9.29. The molecule has 1 heterocycles. The molecule has 0 spiro atoms. The molecule has 1 unspecified atom stereocenters. The number of nitrogens with one attached hydrogen (secondary N) is 1. The zero-order valence-corrected chi connectivity index (χ0v) is 9.29. The average molecular weight is 194 g/mol. The maximum Gasteiger partial charge on any atom is 0.129 e. The predicted octanol–water partition coefficient (Wildman–Crippen LogP) is 2.15. The van der Waals surface area contributed by atoms with Gasteiger partial charge in [-0.25, -0.2) is 4.98 Å². The first-order chi connectivity index (χ1) is 6.63. The first-order valence-corrected chi connectivity index (χ1v) is 4.82. The van der Waals surface area contributed by atoms with E-state index < -0.39 is 0 Å². The summed E-state index contributed by atoms with van der Waals surface area (Å²) in [5.74, 6) is 0.945. The van der Waals surface area contributed by atoms with Crippen molar-refractivity contribution in [2.75, 3.05) is 19.0 Å². The van der Waals surface area contributed by atoms with E-state index in [0.29, 0.717) is 6.61 Å². The van der Waals surface area contributed by atoms with Crippen LogP contribution in [0.2, 0.25) is 0 Å². The lowest BCUT2D eigenvalue weighted by Crippen LogP contribution is -2.22. The van der Waals surface area contributed by atoms with E-state index in [0.717, 1.165) is 5.82 Å². The number of anilines is 1. The van der Waals surface area contributed by atoms with E-state index in [1.807, 2.05) is 13.1 Å². The number of methoxy groups -OCH3 is 1. The van der Waals surface area contributed by atoms with Crippen LogP contribution in [0.15, 0.2) is 12.3 Å². The fourth-order valence-corrected chi connectivity index (χ4v) is 1.39. The Bertz CT molecular complexity index is 299. The van der Waals surface area contributed by atoms with E-state index in [-0.39, 0.29) is 6.04 Å². The third-order valence-corrected chi connectivity index (χ3v) is 2.01. The highest BCUT2D eigenvalue weighted by atomic mass is 16.5. The Morgan fingerprint density at radius 1 is 1.50 bits per heavy atom. The molecule has 0 aliphatic carbocycles. The topological polar surface area (TPSA) is 34.1 Å². The zero-order chi connectivity index (χ0) is 10.6. The molecule has 0 saturated heterocycles. The van der Waals surface area contributed by atoms with E-state index in [1.165, 1.54) is 11.1 Å². The van der Waals surface area contributed by atoms with Gasteiger partial charge in [-0.3, -0.25) is 0 Å². The van der Waals surface area contributed by atoms with Gasteiger partial charge in [-0.05, 0) is 31.9 Å². The molecular formula is C11H18N2O. The third kappa shape index (κ3) is 3.00. The molecule has 0 saturated carbocycles. The Labute approximate surface area is 85.5 Å². The molecule has 0 aliphatic heterocycles. The minimum absolute atomic E-state index is 0.286. The summed E-state index contributed by atoms with van der Waals surface area (Å²) in [6.07, 6.45) is 1.87. The van der Waals surface area contributed by atoms with Crippen molar-refractivity contribution in [3.8, 4) is 0 Å². The molecule has 78 valence electrons. The number of hydrogen-bond acceptors (Lipinski definition) is 3. The molecular weight excluding hydrogens is 176 g/mol. The van der Waals surface area contributed by atoms with Gasteiger partial charge in [0.2, 0.25) is 0 Å². The molecule has 0 aliphatic rings. The van der Waals surface area contributed by atoms with Crippen LogP contribution in [0.25, 0.3) is 0 Å². The summed E-state index contributed by atoms with van der Waals surface area (Å²) in [6.45, 7) is 6.86. The van der Waals surface area contributed by atoms with Crippen LogP contribution < -0.4 is 5.32 Å². The Hall–Kier alpha value is -1.09.